The molecular weight excluding hydrogens is 1050 g/mol. The quantitative estimate of drug-likeness (QED) is 0.149. The minimum Gasteiger partial charge on any atom is -0.318 e. The molecule has 0 aliphatic heterocycles. The molecule has 8 heteroatoms. The van der Waals surface area contributed by atoms with Gasteiger partial charge in [-0.25, -0.2) is 19.8 Å². The minimum atomic E-state index is 0.421. The fourth-order valence-corrected chi connectivity index (χ4v) is 13.7. The molecule has 0 N–H and O–H groups in total. The molecule has 0 aliphatic carbocycles. The van der Waals surface area contributed by atoms with Crippen molar-refractivity contribution in [2.75, 3.05) is 0 Å². The van der Waals surface area contributed by atoms with E-state index in [0.717, 1.165) is 160 Å². The van der Waals surface area contributed by atoms with E-state index in [-0.39, 0.29) is 0 Å². The van der Waals surface area contributed by atoms with Gasteiger partial charge in [0.15, 0.2) is 17.5 Å². The lowest BCUT2D eigenvalue weighted by molar-refractivity contribution is 1.02. The van der Waals surface area contributed by atoms with Gasteiger partial charge < -0.3 is 18.3 Å². The predicted octanol–water partition coefficient (Wildman–Crippen LogP) is 20.3. The zero-order valence-corrected chi connectivity index (χ0v) is 49.2. The Morgan fingerprint density at radius 1 is 0.267 bits per heavy atom. The Morgan fingerprint density at radius 3 is 0.791 bits per heavy atom. The van der Waals surface area contributed by atoms with Gasteiger partial charge in [-0.05, 0) is 152 Å². The lowest BCUT2D eigenvalue weighted by atomic mass is 9.99. The van der Waals surface area contributed by atoms with Crippen molar-refractivity contribution in [2.24, 2.45) is 0 Å². The first kappa shape index (κ1) is 50.8. The molecule has 86 heavy (non-hydrogen) atoms. The fraction of sp³-hybridized carbons (Fsp3) is 0.103. The number of rotatable bonds is 7. The highest BCUT2D eigenvalue weighted by Crippen LogP contribution is 2.55. The molecule has 0 unspecified atom stereocenters. The van der Waals surface area contributed by atoms with Gasteiger partial charge in [0.05, 0.1) is 79.0 Å². The summed E-state index contributed by atoms with van der Waals surface area (Å²) in [4.78, 5) is 22.1. The van der Waals surface area contributed by atoms with E-state index in [2.05, 4.69) is 244 Å². The topological polar surface area (TPSA) is 62.8 Å². The van der Waals surface area contributed by atoms with Crippen LogP contribution in [0.3, 0.4) is 0 Å². The highest BCUT2D eigenvalue weighted by molar-refractivity contribution is 6.18. The van der Waals surface area contributed by atoms with E-state index in [4.69, 9.17) is 19.8 Å². The normalized spacial score (nSPS) is 11.9. The third-order valence-electron chi connectivity index (χ3n) is 17.6. The Kier molecular flexibility index (Phi) is 11.3. The average molecular weight is 1110 g/mol. The number of hydrogen-bond acceptors (Lipinski definition) is 3. The number of fused-ring (bicyclic) bond motifs is 12. The number of hydrogen-bond donors (Lipinski definition) is 0. The molecule has 5 aromatic heterocycles. The second kappa shape index (κ2) is 19.1. The molecule has 0 atom stereocenters. The Hall–Kier alpha value is -10.9. The SMILES string of the molecule is [C-]#[N+]c1c(-n2c3ccc(C)cc3c3cc(C)ccc32)c(-c2nc(-c3ccccc3)nc(-c3ccccc3)n2)c(-n2c3ccc(C)cc3c3cc(C)ccc32)c(-n2c3ccc(C)cc3c3cc(C)ccc32)c1-n1c2ccc(C)cc2c2cc(C)ccc21. The zero-order valence-electron chi connectivity index (χ0n) is 49.2. The lowest BCUT2D eigenvalue weighted by Gasteiger charge is -2.29. The predicted molar refractivity (Wildman–Crippen MR) is 358 cm³/mol. The van der Waals surface area contributed by atoms with E-state index in [1.807, 2.05) is 36.4 Å². The molecule has 5 heterocycles. The van der Waals surface area contributed by atoms with Crippen molar-refractivity contribution >= 4 is 92.9 Å². The molecule has 0 radical (unpaired) electrons. The first-order valence-corrected chi connectivity index (χ1v) is 29.4. The van der Waals surface area contributed by atoms with Crippen molar-refractivity contribution in [2.45, 2.75) is 55.4 Å². The maximum absolute atomic E-state index is 10.3. The highest BCUT2D eigenvalue weighted by Gasteiger charge is 2.37. The van der Waals surface area contributed by atoms with Crippen molar-refractivity contribution in [3.8, 4) is 56.9 Å². The molecule has 0 spiro atoms. The lowest BCUT2D eigenvalue weighted by Crippen LogP contribution is -2.15. The number of aromatic nitrogens is 7. The van der Waals surface area contributed by atoms with Crippen molar-refractivity contribution in [3.05, 3.63) is 262 Å². The number of nitrogens with zero attached hydrogens (tertiary/aromatic N) is 8. The van der Waals surface area contributed by atoms with E-state index >= 15 is 0 Å². The van der Waals surface area contributed by atoms with Gasteiger partial charge in [-0.15, -0.1) is 0 Å². The second-order valence-electron chi connectivity index (χ2n) is 23.8. The third kappa shape index (κ3) is 7.64. The van der Waals surface area contributed by atoms with Crippen LogP contribution in [0.25, 0.3) is 149 Å². The van der Waals surface area contributed by atoms with E-state index in [1.54, 1.807) is 0 Å². The maximum Gasteiger partial charge on any atom is 0.236 e. The van der Waals surface area contributed by atoms with Crippen molar-refractivity contribution in [1.82, 2.24) is 33.2 Å². The Bertz CT molecular complexity index is 5330. The van der Waals surface area contributed by atoms with Crippen molar-refractivity contribution in [1.29, 1.82) is 0 Å². The molecule has 410 valence electrons. The van der Waals surface area contributed by atoms with Crippen LogP contribution in [0.1, 0.15) is 44.5 Å². The van der Waals surface area contributed by atoms with Gasteiger partial charge >= 0.3 is 0 Å². The van der Waals surface area contributed by atoms with Crippen LogP contribution >= 0.6 is 0 Å². The molecular formula is C78H58N8. The monoisotopic (exact) mass is 1110 g/mol. The van der Waals surface area contributed by atoms with E-state index in [1.165, 1.54) is 0 Å². The summed E-state index contributed by atoms with van der Waals surface area (Å²) >= 11 is 0. The first-order chi connectivity index (χ1) is 41.9. The Morgan fingerprint density at radius 2 is 0.512 bits per heavy atom. The number of aryl methyl sites for hydroxylation is 8. The maximum atomic E-state index is 10.3. The van der Waals surface area contributed by atoms with E-state index in [9.17, 15) is 6.57 Å². The van der Waals surface area contributed by atoms with Crippen LogP contribution in [-0.2, 0) is 0 Å². The molecule has 0 fully saturated rings. The summed E-state index contributed by atoms with van der Waals surface area (Å²) in [6.07, 6.45) is 0. The molecule has 16 aromatic rings. The van der Waals surface area contributed by atoms with Crippen LogP contribution in [0.2, 0.25) is 0 Å². The van der Waals surface area contributed by atoms with Crippen LogP contribution in [0.5, 0.6) is 0 Å². The largest absolute Gasteiger partial charge is 0.318 e. The van der Waals surface area contributed by atoms with Gasteiger partial charge in [-0.3, -0.25) is 0 Å². The molecule has 0 saturated heterocycles. The second-order valence-corrected chi connectivity index (χ2v) is 23.8. The molecule has 8 nitrogen and oxygen atoms in total. The summed E-state index contributed by atoms with van der Waals surface area (Å²) in [6, 6.07) is 74.8. The van der Waals surface area contributed by atoms with Gasteiger partial charge in [0.25, 0.3) is 0 Å². The summed E-state index contributed by atoms with van der Waals surface area (Å²) in [5.41, 5.74) is 22.9. The van der Waals surface area contributed by atoms with Gasteiger partial charge in [-0.2, -0.15) is 0 Å². The van der Waals surface area contributed by atoms with Crippen molar-refractivity contribution in [3.63, 3.8) is 0 Å². The van der Waals surface area contributed by atoms with E-state index in [0.29, 0.717) is 34.4 Å². The zero-order chi connectivity index (χ0) is 58.4. The summed E-state index contributed by atoms with van der Waals surface area (Å²) in [5.74, 6) is 1.45. The fourth-order valence-electron chi connectivity index (χ4n) is 13.7. The van der Waals surface area contributed by atoms with E-state index < -0.39 is 0 Å². The Balaban J connectivity index is 1.28. The van der Waals surface area contributed by atoms with Crippen LogP contribution in [0.15, 0.2) is 206 Å². The average Bonchev–Trinajstić information content (AvgIpc) is 2.94. The summed E-state index contributed by atoms with van der Waals surface area (Å²) < 4.78 is 9.71. The standard InChI is InChI=1S/C78H58N8/c1-44-20-28-62-54(36-44)55-37-45(2)21-29-63(55)83(62)72-70(78-81-76(52-16-12-10-13-17-52)80-77(82-78)53-18-14-11-15-19-53)73(84-64-30-22-46(3)38-56(64)57-39-47(4)23-31-65(57)84)75(86-68-34-26-50(7)42-60(68)61-43-51(8)27-35-69(61)86)74(71(72)79-9)85-66-32-24-48(5)40-58(66)59-41-49(6)25-33-67(59)85/h10-43H,1-8H3. The highest BCUT2D eigenvalue weighted by atomic mass is 15.2. The first-order valence-electron chi connectivity index (χ1n) is 29.4. The molecule has 11 aromatic carbocycles. The summed E-state index contributed by atoms with van der Waals surface area (Å²) in [5, 5.41) is 8.84. The van der Waals surface area contributed by atoms with Crippen LogP contribution in [-0.4, -0.2) is 33.2 Å². The molecule has 0 saturated carbocycles. The van der Waals surface area contributed by atoms with Gasteiger partial charge in [0.1, 0.15) is 0 Å². The number of benzene rings is 11. The van der Waals surface area contributed by atoms with Gasteiger partial charge in [-0.1, -0.05) is 154 Å². The van der Waals surface area contributed by atoms with Crippen LogP contribution in [0, 0.1) is 62.0 Å². The minimum absolute atomic E-state index is 0.421. The van der Waals surface area contributed by atoms with Crippen LogP contribution < -0.4 is 0 Å². The molecule has 0 bridgehead atoms. The summed E-state index contributed by atoms with van der Waals surface area (Å²) in [6.45, 7) is 27.7. The Labute approximate surface area is 498 Å². The van der Waals surface area contributed by atoms with Crippen LogP contribution in [0.4, 0.5) is 5.69 Å². The van der Waals surface area contributed by atoms with Crippen molar-refractivity contribution < 1.29 is 0 Å². The third-order valence-corrected chi connectivity index (χ3v) is 17.6. The molecule has 0 amide bonds. The molecule has 16 rings (SSSR count). The smallest absolute Gasteiger partial charge is 0.236 e. The van der Waals surface area contributed by atoms with Gasteiger partial charge in [0.2, 0.25) is 5.69 Å². The van der Waals surface area contributed by atoms with Gasteiger partial charge in [0, 0.05) is 54.2 Å². The summed E-state index contributed by atoms with van der Waals surface area (Å²) in [7, 11) is 0. The molecule has 0 aliphatic rings.